The second-order valence-corrected chi connectivity index (χ2v) is 4.19. The smallest absolute Gasteiger partial charge is 0.315 e. The molecule has 20 heavy (non-hydrogen) atoms. The molecule has 0 aliphatic rings. The van der Waals surface area contributed by atoms with E-state index in [1.165, 1.54) is 6.92 Å². The van der Waals surface area contributed by atoms with Crippen LogP contribution in [0.4, 0.5) is 11.4 Å². The number of carbonyl (C=O) groups is 3. The molecular formula is C14H18N2O4. The van der Waals surface area contributed by atoms with E-state index in [0.717, 1.165) is 5.56 Å². The van der Waals surface area contributed by atoms with E-state index in [2.05, 4.69) is 10.6 Å². The second kappa shape index (κ2) is 7.28. The minimum absolute atomic E-state index is 0.192. The lowest BCUT2D eigenvalue weighted by molar-refractivity contribution is -0.145. The molecule has 6 heteroatoms. The predicted molar refractivity (Wildman–Crippen MR) is 75.4 cm³/mol. The summed E-state index contributed by atoms with van der Waals surface area (Å²) in [6.45, 7) is 5.09. The molecule has 0 aromatic heterocycles. The summed E-state index contributed by atoms with van der Waals surface area (Å²) in [6.07, 6.45) is -0.336. The van der Waals surface area contributed by atoms with Crippen LogP contribution >= 0.6 is 0 Å². The van der Waals surface area contributed by atoms with Gasteiger partial charge >= 0.3 is 5.97 Å². The molecule has 1 aromatic carbocycles. The van der Waals surface area contributed by atoms with Crippen molar-refractivity contribution in [3.05, 3.63) is 23.8 Å². The first-order valence-corrected chi connectivity index (χ1v) is 6.26. The summed E-state index contributed by atoms with van der Waals surface area (Å²) >= 11 is 0. The van der Waals surface area contributed by atoms with Crippen molar-refractivity contribution in [2.45, 2.75) is 27.2 Å². The maximum absolute atomic E-state index is 11.7. The molecule has 2 amide bonds. The summed E-state index contributed by atoms with van der Waals surface area (Å²) < 4.78 is 4.70. The molecule has 0 saturated heterocycles. The first kappa shape index (κ1) is 15.7. The van der Waals surface area contributed by atoms with E-state index in [0.29, 0.717) is 11.4 Å². The van der Waals surface area contributed by atoms with E-state index in [1.807, 2.05) is 0 Å². The van der Waals surface area contributed by atoms with Crippen LogP contribution in [0.15, 0.2) is 18.2 Å². The summed E-state index contributed by atoms with van der Waals surface area (Å²) in [7, 11) is 0. The highest BCUT2D eigenvalue weighted by molar-refractivity contribution is 6.03. The molecule has 2 N–H and O–H groups in total. The van der Waals surface area contributed by atoms with E-state index in [4.69, 9.17) is 4.74 Å². The van der Waals surface area contributed by atoms with Gasteiger partial charge in [-0.25, -0.2) is 0 Å². The lowest BCUT2D eigenvalue weighted by Crippen LogP contribution is -2.19. The molecular weight excluding hydrogens is 260 g/mol. The van der Waals surface area contributed by atoms with Crippen LogP contribution in [0.25, 0.3) is 0 Å². The van der Waals surface area contributed by atoms with Gasteiger partial charge in [-0.15, -0.1) is 0 Å². The fourth-order valence-electron chi connectivity index (χ4n) is 1.63. The van der Waals surface area contributed by atoms with Crippen LogP contribution in [0, 0.1) is 6.92 Å². The number of anilines is 2. The highest BCUT2D eigenvalue weighted by atomic mass is 16.5. The largest absolute Gasteiger partial charge is 0.466 e. The SMILES string of the molecule is CCOC(=O)CC(=O)Nc1cccc(NC(C)=O)c1C. The molecule has 0 fully saturated rings. The molecule has 0 atom stereocenters. The lowest BCUT2D eigenvalue weighted by Gasteiger charge is -2.12. The Hall–Kier alpha value is -2.37. The van der Waals surface area contributed by atoms with E-state index < -0.39 is 11.9 Å². The third-order valence-corrected chi connectivity index (χ3v) is 2.53. The predicted octanol–water partition coefficient (Wildman–Crippen LogP) is 1.85. The summed E-state index contributed by atoms with van der Waals surface area (Å²) in [6, 6.07) is 5.14. The maximum atomic E-state index is 11.7. The molecule has 0 unspecified atom stereocenters. The minimum Gasteiger partial charge on any atom is -0.466 e. The number of carbonyl (C=O) groups excluding carboxylic acids is 3. The first-order chi connectivity index (χ1) is 9.43. The number of amides is 2. The summed E-state index contributed by atoms with van der Waals surface area (Å²) in [5.74, 6) is -1.21. The Labute approximate surface area is 117 Å². The summed E-state index contributed by atoms with van der Waals surface area (Å²) in [5.41, 5.74) is 1.89. The van der Waals surface area contributed by atoms with Gasteiger partial charge in [0.25, 0.3) is 0 Å². The van der Waals surface area contributed by atoms with Crippen molar-refractivity contribution in [2.24, 2.45) is 0 Å². The topological polar surface area (TPSA) is 84.5 Å². The van der Waals surface area contributed by atoms with E-state index >= 15 is 0 Å². The highest BCUT2D eigenvalue weighted by Crippen LogP contribution is 2.23. The number of esters is 1. The fourth-order valence-corrected chi connectivity index (χ4v) is 1.63. The van der Waals surface area contributed by atoms with Crippen molar-refractivity contribution in [1.82, 2.24) is 0 Å². The van der Waals surface area contributed by atoms with Gasteiger partial charge in [-0.1, -0.05) is 6.07 Å². The third-order valence-electron chi connectivity index (χ3n) is 2.53. The molecule has 0 aliphatic carbocycles. The molecule has 0 bridgehead atoms. The van der Waals surface area contributed by atoms with Crippen LogP contribution in [0.3, 0.4) is 0 Å². The van der Waals surface area contributed by atoms with Crippen LogP contribution in [-0.2, 0) is 19.1 Å². The number of ether oxygens (including phenoxy) is 1. The van der Waals surface area contributed by atoms with Crippen molar-refractivity contribution in [1.29, 1.82) is 0 Å². The molecule has 0 saturated carbocycles. The minimum atomic E-state index is -0.569. The Morgan fingerprint density at radius 2 is 1.75 bits per heavy atom. The fraction of sp³-hybridized carbons (Fsp3) is 0.357. The zero-order valence-electron chi connectivity index (χ0n) is 11.8. The van der Waals surface area contributed by atoms with Crippen LogP contribution in [0.1, 0.15) is 25.8 Å². The third kappa shape index (κ3) is 4.72. The van der Waals surface area contributed by atoms with Crippen LogP contribution in [-0.4, -0.2) is 24.4 Å². The Kier molecular flexibility index (Phi) is 5.71. The standard InChI is InChI=1S/C14H18N2O4/c1-4-20-14(19)8-13(18)16-12-7-5-6-11(9(12)2)15-10(3)17/h5-7H,4,8H2,1-3H3,(H,15,17)(H,16,18). The normalized spacial score (nSPS) is 9.75. The van der Waals surface area contributed by atoms with Gasteiger partial charge in [0.15, 0.2) is 0 Å². The average Bonchev–Trinajstić information content (AvgIpc) is 2.33. The molecule has 1 aromatic rings. The quantitative estimate of drug-likeness (QED) is 0.636. The Bertz CT molecular complexity index is 526. The van der Waals surface area contributed by atoms with Gasteiger partial charge in [0.2, 0.25) is 11.8 Å². The highest BCUT2D eigenvalue weighted by Gasteiger charge is 2.12. The molecule has 0 spiro atoms. The number of hydrogen-bond acceptors (Lipinski definition) is 4. The van der Waals surface area contributed by atoms with Gasteiger partial charge in [-0.05, 0) is 31.5 Å². The van der Waals surface area contributed by atoms with Gasteiger partial charge in [-0.3, -0.25) is 14.4 Å². The molecule has 0 radical (unpaired) electrons. The van der Waals surface area contributed by atoms with Crippen molar-refractivity contribution in [3.8, 4) is 0 Å². The molecule has 108 valence electrons. The summed E-state index contributed by atoms with van der Waals surface area (Å²) in [4.78, 5) is 33.9. The van der Waals surface area contributed by atoms with E-state index in [1.54, 1.807) is 32.0 Å². The molecule has 0 aliphatic heterocycles. The molecule has 1 rings (SSSR count). The van der Waals surface area contributed by atoms with Gasteiger partial charge < -0.3 is 15.4 Å². The van der Waals surface area contributed by atoms with Gasteiger partial charge in [-0.2, -0.15) is 0 Å². The maximum Gasteiger partial charge on any atom is 0.315 e. The second-order valence-electron chi connectivity index (χ2n) is 4.19. The molecule has 6 nitrogen and oxygen atoms in total. The zero-order valence-corrected chi connectivity index (χ0v) is 11.8. The van der Waals surface area contributed by atoms with Crippen molar-refractivity contribution in [3.63, 3.8) is 0 Å². The van der Waals surface area contributed by atoms with Gasteiger partial charge in [0.1, 0.15) is 6.42 Å². The van der Waals surface area contributed by atoms with E-state index in [-0.39, 0.29) is 18.9 Å². The van der Waals surface area contributed by atoms with Gasteiger partial charge in [0.05, 0.1) is 6.61 Å². The number of hydrogen-bond donors (Lipinski definition) is 2. The first-order valence-electron chi connectivity index (χ1n) is 6.26. The van der Waals surface area contributed by atoms with Crippen LogP contribution in [0.2, 0.25) is 0 Å². The monoisotopic (exact) mass is 278 g/mol. The summed E-state index contributed by atoms with van der Waals surface area (Å²) in [5, 5.41) is 5.29. The Morgan fingerprint density at radius 3 is 2.30 bits per heavy atom. The van der Waals surface area contributed by atoms with Crippen molar-refractivity contribution in [2.75, 3.05) is 17.2 Å². The van der Waals surface area contributed by atoms with Crippen molar-refractivity contribution < 1.29 is 19.1 Å². The van der Waals surface area contributed by atoms with Gasteiger partial charge in [0, 0.05) is 18.3 Å². The van der Waals surface area contributed by atoms with Crippen LogP contribution in [0.5, 0.6) is 0 Å². The van der Waals surface area contributed by atoms with Crippen LogP contribution < -0.4 is 10.6 Å². The number of rotatable bonds is 5. The number of benzene rings is 1. The Balaban J connectivity index is 2.75. The molecule has 0 heterocycles. The average molecular weight is 278 g/mol. The number of nitrogens with one attached hydrogen (secondary N) is 2. The Morgan fingerprint density at radius 1 is 1.15 bits per heavy atom. The zero-order chi connectivity index (χ0) is 15.1. The van der Waals surface area contributed by atoms with E-state index in [9.17, 15) is 14.4 Å². The lowest BCUT2D eigenvalue weighted by atomic mass is 10.1. The van der Waals surface area contributed by atoms with Crippen molar-refractivity contribution >= 4 is 29.2 Å².